The van der Waals surface area contributed by atoms with Crippen molar-refractivity contribution in [1.82, 2.24) is 14.8 Å². The van der Waals surface area contributed by atoms with Crippen LogP contribution < -0.4 is 5.32 Å². The third-order valence-corrected chi connectivity index (χ3v) is 3.92. The van der Waals surface area contributed by atoms with E-state index in [1.807, 2.05) is 12.1 Å². The molecule has 0 fully saturated rings. The van der Waals surface area contributed by atoms with Gasteiger partial charge in [0.25, 0.3) is 0 Å². The van der Waals surface area contributed by atoms with Crippen LogP contribution in [0.2, 0.25) is 0 Å². The highest BCUT2D eigenvalue weighted by Crippen LogP contribution is 2.12. The lowest BCUT2D eigenvalue weighted by Gasteiger charge is -2.05. The molecule has 26 heavy (non-hydrogen) atoms. The Morgan fingerprint density at radius 3 is 2.69 bits per heavy atom. The first-order valence-corrected chi connectivity index (χ1v) is 8.26. The SMILES string of the molecule is O=C(CCc1cc(F)ccc1F)Nc1ccn(CCc2ccncc2)n1. The van der Waals surface area contributed by atoms with Crippen molar-refractivity contribution in [3.8, 4) is 0 Å². The molecule has 0 atom stereocenters. The van der Waals surface area contributed by atoms with Crippen molar-refractivity contribution in [3.63, 3.8) is 0 Å². The number of nitrogens with one attached hydrogen (secondary N) is 1. The molecule has 0 aliphatic carbocycles. The molecule has 2 heterocycles. The van der Waals surface area contributed by atoms with E-state index >= 15 is 0 Å². The Labute approximate surface area is 149 Å². The van der Waals surface area contributed by atoms with E-state index in [4.69, 9.17) is 0 Å². The summed E-state index contributed by atoms with van der Waals surface area (Å²) in [6.07, 6.45) is 6.24. The van der Waals surface area contributed by atoms with Crippen LogP contribution in [-0.2, 0) is 24.2 Å². The lowest BCUT2D eigenvalue weighted by atomic mass is 10.1. The van der Waals surface area contributed by atoms with Gasteiger partial charge in [-0.15, -0.1) is 0 Å². The first-order valence-electron chi connectivity index (χ1n) is 8.26. The molecular weight excluding hydrogens is 338 g/mol. The second-order valence-corrected chi connectivity index (χ2v) is 5.85. The van der Waals surface area contributed by atoms with E-state index in [9.17, 15) is 13.6 Å². The molecule has 0 spiro atoms. The fourth-order valence-electron chi connectivity index (χ4n) is 2.53. The van der Waals surface area contributed by atoms with Crippen molar-refractivity contribution in [2.24, 2.45) is 0 Å². The van der Waals surface area contributed by atoms with Crippen LogP contribution >= 0.6 is 0 Å². The third kappa shape index (κ3) is 4.95. The summed E-state index contributed by atoms with van der Waals surface area (Å²) in [6.45, 7) is 0.675. The minimum atomic E-state index is -0.519. The van der Waals surface area contributed by atoms with E-state index in [1.165, 1.54) is 0 Å². The van der Waals surface area contributed by atoms with E-state index in [2.05, 4.69) is 15.4 Å². The maximum absolute atomic E-state index is 13.6. The molecule has 134 valence electrons. The highest BCUT2D eigenvalue weighted by atomic mass is 19.1. The van der Waals surface area contributed by atoms with Gasteiger partial charge in [0.05, 0.1) is 0 Å². The van der Waals surface area contributed by atoms with Crippen LogP contribution in [0.1, 0.15) is 17.5 Å². The molecule has 0 aliphatic rings. The second kappa shape index (κ2) is 8.33. The maximum Gasteiger partial charge on any atom is 0.225 e. The largest absolute Gasteiger partial charge is 0.309 e. The summed E-state index contributed by atoms with van der Waals surface area (Å²) in [6, 6.07) is 8.81. The summed E-state index contributed by atoms with van der Waals surface area (Å²) >= 11 is 0. The molecule has 1 amide bonds. The second-order valence-electron chi connectivity index (χ2n) is 5.85. The summed E-state index contributed by atoms with van der Waals surface area (Å²) < 4.78 is 28.4. The molecule has 0 aliphatic heterocycles. The minimum absolute atomic E-state index is 0.0459. The molecule has 5 nitrogen and oxygen atoms in total. The monoisotopic (exact) mass is 356 g/mol. The number of pyridine rings is 1. The highest BCUT2D eigenvalue weighted by molar-refractivity contribution is 5.89. The summed E-state index contributed by atoms with van der Waals surface area (Å²) in [4.78, 5) is 16.0. The summed E-state index contributed by atoms with van der Waals surface area (Å²) in [7, 11) is 0. The van der Waals surface area contributed by atoms with Gasteiger partial charge >= 0.3 is 0 Å². The predicted molar refractivity (Wildman–Crippen MR) is 93.5 cm³/mol. The summed E-state index contributed by atoms with van der Waals surface area (Å²) in [5.41, 5.74) is 1.33. The number of amides is 1. The topological polar surface area (TPSA) is 59.8 Å². The number of nitrogens with zero attached hydrogens (tertiary/aromatic N) is 3. The summed E-state index contributed by atoms with van der Waals surface area (Å²) in [5.74, 6) is -0.896. The zero-order valence-electron chi connectivity index (χ0n) is 14.0. The zero-order valence-corrected chi connectivity index (χ0v) is 14.0. The van der Waals surface area contributed by atoms with Crippen LogP contribution in [0.25, 0.3) is 0 Å². The Bertz CT molecular complexity index is 880. The van der Waals surface area contributed by atoms with Crippen LogP contribution in [0.5, 0.6) is 0 Å². The maximum atomic E-state index is 13.6. The van der Waals surface area contributed by atoms with E-state index in [1.54, 1.807) is 29.3 Å². The lowest BCUT2D eigenvalue weighted by Crippen LogP contribution is -2.13. The average Bonchev–Trinajstić information content (AvgIpc) is 3.09. The predicted octanol–water partition coefficient (Wildman–Crippen LogP) is 3.37. The van der Waals surface area contributed by atoms with Crippen LogP contribution in [0, 0.1) is 11.6 Å². The fraction of sp³-hybridized carbons (Fsp3) is 0.211. The number of benzene rings is 1. The van der Waals surface area contributed by atoms with Gasteiger partial charge in [-0.1, -0.05) is 0 Å². The first kappa shape index (κ1) is 17.7. The van der Waals surface area contributed by atoms with E-state index < -0.39 is 11.6 Å². The van der Waals surface area contributed by atoms with Gasteiger partial charge in [-0.2, -0.15) is 5.10 Å². The number of hydrogen-bond acceptors (Lipinski definition) is 3. The highest BCUT2D eigenvalue weighted by Gasteiger charge is 2.09. The molecule has 0 radical (unpaired) electrons. The van der Waals surface area contributed by atoms with Crippen molar-refractivity contribution in [3.05, 3.63) is 77.8 Å². The number of aryl methyl sites for hydroxylation is 3. The Kier molecular flexibility index (Phi) is 5.68. The Morgan fingerprint density at radius 2 is 1.88 bits per heavy atom. The van der Waals surface area contributed by atoms with Crippen molar-refractivity contribution >= 4 is 11.7 Å². The van der Waals surface area contributed by atoms with Gasteiger partial charge in [0.1, 0.15) is 11.6 Å². The molecule has 1 N–H and O–H groups in total. The Balaban J connectivity index is 1.49. The van der Waals surface area contributed by atoms with Crippen LogP contribution in [0.4, 0.5) is 14.6 Å². The Morgan fingerprint density at radius 1 is 1.08 bits per heavy atom. The van der Waals surface area contributed by atoms with E-state index in [-0.39, 0.29) is 24.3 Å². The molecular formula is C19H18F2N4O. The molecule has 0 bridgehead atoms. The molecule has 1 aromatic carbocycles. The number of carbonyl (C=O) groups excluding carboxylic acids is 1. The van der Waals surface area contributed by atoms with Crippen LogP contribution in [0.3, 0.4) is 0 Å². The molecule has 2 aromatic heterocycles. The van der Waals surface area contributed by atoms with Crippen LogP contribution in [0.15, 0.2) is 55.0 Å². The molecule has 0 saturated heterocycles. The Hall–Kier alpha value is -3.09. The number of halogens is 2. The number of rotatable bonds is 7. The van der Waals surface area contributed by atoms with Crippen molar-refractivity contribution in [2.45, 2.75) is 25.8 Å². The molecule has 3 aromatic rings. The zero-order chi connectivity index (χ0) is 18.4. The van der Waals surface area contributed by atoms with Gasteiger partial charge < -0.3 is 5.32 Å². The smallest absolute Gasteiger partial charge is 0.225 e. The molecule has 3 rings (SSSR count). The molecule has 0 unspecified atom stereocenters. The van der Waals surface area contributed by atoms with Crippen LogP contribution in [-0.4, -0.2) is 20.7 Å². The van der Waals surface area contributed by atoms with Gasteiger partial charge in [0.2, 0.25) is 5.91 Å². The van der Waals surface area contributed by atoms with Crippen molar-refractivity contribution in [1.29, 1.82) is 0 Å². The normalized spacial score (nSPS) is 10.7. The first-order chi connectivity index (χ1) is 12.6. The average molecular weight is 356 g/mol. The molecule has 0 saturated carbocycles. The lowest BCUT2D eigenvalue weighted by molar-refractivity contribution is -0.116. The van der Waals surface area contributed by atoms with Gasteiger partial charge in [-0.25, -0.2) is 8.78 Å². The van der Waals surface area contributed by atoms with Gasteiger partial charge in [-0.3, -0.25) is 14.5 Å². The number of anilines is 1. The number of carbonyl (C=O) groups is 1. The third-order valence-electron chi connectivity index (χ3n) is 3.92. The number of hydrogen-bond donors (Lipinski definition) is 1. The van der Waals surface area contributed by atoms with Gasteiger partial charge in [0, 0.05) is 37.6 Å². The van der Waals surface area contributed by atoms with Crippen molar-refractivity contribution in [2.75, 3.05) is 5.32 Å². The van der Waals surface area contributed by atoms with E-state index in [0.717, 1.165) is 30.2 Å². The quantitative estimate of drug-likeness (QED) is 0.706. The van der Waals surface area contributed by atoms with Gasteiger partial charge in [-0.05, 0) is 54.3 Å². The molecule has 7 heteroatoms. The summed E-state index contributed by atoms with van der Waals surface area (Å²) in [5, 5.41) is 6.95. The van der Waals surface area contributed by atoms with Gasteiger partial charge in [0.15, 0.2) is 5.82 Å². The van der Waals surface area contributed by atoms with Crippen molar-refractivity contribution < 1.29 is 13.6 Å². The minimum Gasteiger partial charge on any atom is -0.309 e. The fourth-order valence-corrected chi connectivity index (χ4v) is 2.53. The van der Waals surface area contributed by atoms with E-state index in [0.29, 0.717) is 12.4 Å². The number of aromatic nitrogens is 3. The standard InChI is InChI=1S/C19H18F2N4O/c20-16-2-3-17(21)15(13-16)1-4-19(26)23-18-8-12-25(24-18)11-7-14-5-9-22-10-6-14/h2-3,5-6,8-10,12-13H,1,4,7,11H2,(H,23,24,26).